The van der Waals surface area contributed by atoms with Crippen LogP contribution in [0.3, 0.4) is 0 Å². The van der Waals surface area contributed by atoms with Crippen LogP contribution in [-0.2, 0) is 0 Å². The minimum Gasteiger partial charge on any atom is -0.491 e. The molecule has 1 unspecified atom stereocenters. The summed E-state index contributed by atoms with van der Waals surface area (Å²) in [7, 11) is 0. The number of para-hydroxylation sites is 1. The molecule has 5 heteroatoms. The maximum absolute atomic E-state index is 12.6. The van der Waals surface area contributed by atoms with Crippen LogP contribution < -0.4 is 14.8 Å². The minimum atomic E-state index is -0.655. The van der Waals surface area contributed by atoms with E-state index >= 15 is 0 Å². The maximum atomic E-state index is 12.6. The van der Waals surface area contributed by atoms with Crippen molar-refractivity contribution in [3.05, 3.63) is 53.6 Å². The van der Waals surface area contributed by atoms with Crippen LogP contribution in [0.25, 0.3) is 0 Å². The van der Waals surface area contributed by atoms with Crippen molar-refractivity contribution in [3.63, 3.8) is 0 Å². The van der Waals surface area contributed by atoms with E-state index in [2.05, 4.69) is 5.32 Å². The molecule has 0 amide bonds. The first-order chi connectivity index (χ1) is 14.0. The summed E-state index contributed by atoms with van der Waals surface area (Å²) < 4.78 is 12.1. The average molecular weight is 395 g/mol. The molecule has 1 saturated carbocycles. The molecule has 2 aliphatic rings. The number of rotatable bonds is 6. The van der Waals surface area contributed by atoms with Crippen LogP contribution in [0.5, 0.6) is 11.5 Å². The molecule has 4 rings (SSSR count). The summed E-state index contributed by atoms with van der Waals surface area (Å²) in [6.07, 6.45) is 5.13. The van der Waals surface area contributed by atoms with Crippen molar-refractivity contribution >= 4 is 11.5 Å². The first kappa shape index (κ1) is 19.8. The van der Waals surface area contributed by atoms with Gasteiger partial charge in [-0.2, -0.15) is 0 Å². The van der Waals surface area contributed by atoms with E-state index in [1.54, 1.807) is 18.2 Å². The van der Waals surface area contributed by atoms with Gasteiger partial charge in [0.05, 0.1) is 12.0 Å². The third kappa shape index (κ3) is 4.56. The zero-order chi connectivity index (χ0) is 20.3. The molecule has 1 atom stereocenters. The van der Waals surface area contributed by atoms with Gasteiger partial charge in [0.25, 0.3) is 0 Å². The van der Waals surface area contributed by atoms with Crippen molar-refractivity contribution in [2.45, 2.75) is 57.2 Å². The summed E-state index contributed by atoms with van der Waals surface area (Å²) in [5, 5.41) is 13.5. The average Bonchev–Trinajstić information content (AvgIpc) is 2.72. The van der Waals surface area contributed by atoms with Gasteiger partial charge < -0.3 is 19.9 Å². The van der Waals surface area contributed by atoms with Crippen molar-refractivity contribution in [2.75, 3.05) is 18.5 Å². The quantitative estimate of drug-likeness (QED) is 0.753. The molecule has 1 fully saturated rings. The number of nitrogens with one attached hydrogen (secondary N) is 1. The van der Waals surface area contributed by atoms with E-state index in [9.17, 15) is 9.90 Å². The lowest BCUT2D eigenvalue weighted by atomic mass is 9.78. The summed E-state index contributed by atoms with van der Waals surface area (Å²) in [6.45, 7) is 2.59. The third-order valence-electron chi connectivity index (χ3n) is 5.94. The zero-order valence-electron chi connectivity index (χ0n) is 16.9. The lowest BCUT2D eigenvalue weighted by Gasteiger charge is -2.40. The number of anilines is 1. The molecule has 0 saturated heterocycles. The van der Waals surface area contributed by atoms with Crippen LogP contribution in [-0.4, -0.2) is 35.7 Å². The Labute approximate surface area is 172 Å². The summed E-state index contributed by atoms with van der Waals surface area (Å²) in [5.74, 6) is 1.38. The van der Waals surface area contributed by atoms with E-state index in [1.807, 2.05) is 31.2 Å². The normalized spacial score (nSPS) is 18.6. The van der Waals surface area contributed by atoms with Gasteiger partial charge in [0.1, 0.15) is 29.8 Å². The highest BCUT2D eigenvalue weighted by Crippen LogP contribution is 2.42. The number of Topliss-reactive ketones (excluding diaryl/α,β-unsaturated/α-hetero) is 1. The number of benzene rings is 2. The predicted octanol–water partition coefficient (Wildman–Crippen LogP) is 4.51. The van der Waals surface area contributed by atoms with Crippen molar-refractivity contribution in [3.8, 4) is 11.5 Å². The van der Waals surface area contributed by atoms with Gasteiger partial charge in [-0.15, -0.1) is 0 Å². The number of ether oxygens (including phenoxy) is 2. The summed E-state index contributed by atoms with van der Waals surface area (Å²) in [4.78, 5) is 12.6. The fourth-order valence-electron chi connectivity index (χ4n) is 4.29. The minimum absolute atomic E-state index is 0.155. The van der Waals surface area contributed by atoms with Gasteiger partial charge in [-0.25, -0.2) is 0 Å². The second-order valence-electron chi connectivity index (χ2n) is 8.26. The monoisotopic (exact) mass is 395 g/mol. The van der Waals surface area contributed by atoms with Crippen LogP contribution in [0.2, 0.25) is 0 Å². The molecule has 1 spiro atoms. The van der Waals surface area contributed by atoms with Crippen LogP contribution in [0.15, 0.2) is 42.5 Å². The van der Waals surface area contributed by atoms with E-state index in [0.29, 0.717) is 30.0 Å². The number of aliphatic hydroxyl groups excluding tert-OH is 1. The molecule has 1 aliphatic heterocycles. The molecular formula is C24H29NO4. The largest absolute Gasteiger partial charge is 0.491 e. The third-order valence-corrected chi connectivity index (χ3v) is 5.94. The van der Waals surface area contributed by atoms with Crippen molar-refractivity contribution in [1.82, 2.24) is 0 Å². The highest BCUT2D eigenvalue weighted by Gasteiger charge is 2.41. The highest BCUT2D eigenvalue weighted by molar-refractivity contribution is 6.00. The van der Waals surface area contributed by atoms with E-state index < -0.39 is 6.10 Å². The van der Waals surface area contributed by atoms with Crippen LogP contribution in [0, 0.1) is 6.92 Å². The van der Waals surface area contributed by atoms with Crippen molar-refractivity contribution in [1.29, 1.82) is 0 Å². The van der Waals surface area contributed by atoms with Gasteiger partial charge in [0, 0.05) is 18.3 Å². The molecule has 154 valence electrons. The standard InChI is InChI=1S/C24H29NO4/c1-17-7-3-4-8-21(17)25-15-18(26)16-28-19-9-10-20-22(27)14-24(29-23(20)13-19)11-5-2-6-12-24/h3-4,7-10,13,18,25-26H,2,5-6,11-12,14-16H2,1H3. The van der Waals surface area contributed by atoms with Crippen molar-refractivity contribution in [2.24, 2.45) is 0 Å². The Bertz CT molecular complexity index is 873. The number of fused-ring (bicyclic) bond motifs is 1. The number of hydrogen-bond acceptors (Lipinski definition) is 5. The molecule has 29 heavy (non-hydrogen) atoms. The number of aryl methyl sites for hydroxylation is 1. The Morgan fingerprint density at radius 1 is 1.17 bits per heavy atom. The summed E-state index contributed by atoms with van der Waals surface area (Å²) >= 11 is 0. The molecule has 0 aromatic heterocycles. The lowest BCUT2D eigenvalue weighted by Crippen LogP contribution is -2.43. The number of ketones is 1. The molecule has 0 bridgehead atoms. The maximum Gasteiger partial charge on any atom is 0.170 e. The lowest BCUT2D eigenvalue weighted by molar-refractivity contribution is 0.0133. The molecule has 2 aromatic rings. The van der Waals surface area contributed by atoms with E-state index in [1.165, 1.54) is 6.42 Å². The van der Waals surface area contributed by atoms with E-state index in [4.69, 9.17) is 9.47 Å². The number of aliphatic hydroxyl groups is 1. The Hall–Kier alpha value is -2.53. The molecule has 0 radical (unpaired) electrons. The molecular weight excluding hydrogens is 366 g/mol. The number of carbonyl (C=O) groups excluding carboxylic acids is 1. The van der Waals surface area contributed by atoms with Gasteiger partial charge in [0.2, 0.25) is 0 Å². The topological polar surface area (TPSA) is 67.8 Å². The SMILES string of the molecule is Cc1ccccc1NCC(O)COc1ccc2c(c1)OC1(CCCCC1)CC2=O. The predicted molar refractivity (Wildman–Crippen MR) is 113 cm³/mol. The summed E-state index contributed by atoms with van der Waals surface area (Å²) in [5.41, 5.74) is 2.44. The Morgan fingerprint density at radius 2 is 1.97 bits per heavy atom. The van der Waals surface area contributed by atoms with Crippen LogP contribution in [0.1, 0.15) is 54.4 Å². The Kier molecular flexibility index (Phi) is 5.76. The summed E-state index contributed by atoms with van der Waals surface area (Å²) in [6, 6.07) is 13.3. The zero-order valence-corrected chi connectivity index (χ0v) is 16.9. The molecule has 5 nitrogen and oxygen atoms in total. The molecule has 2 N–H and O–H groups in total. The first-order valence-corrected chi connectivity index (χ1v) is 10.5. The van der Waals surface area contributed by atoms with E-state index in [0.717, 1.165) is 36.9 Å². The molecule has 2 aromatic carbocycles. The van der Waals surface area contributed by atoms with Gasteiger partial charge >= 0.3 is 0 Å². The smallest absolute Gasteiger partial charge is 0.170 e. The van der Waals surface area contributed by atoms with Gasteiger partial charge in [-0.1, -0.05) is 24.6 Å². The van der Waals surface area contributed by atoms with Crippen LogP contribution in [0.4, 0.5) is 5.69 Å². The van der Waals surface area contributed by atoms with Crippen molar-refractivity contribution < 1.29 is 19.4 Å². The fourth-order valence-corrected chi connectivity index (χ4v) is 4.29. The highest BCUT2D eigenvalue weighted by atomic mass is 16.5. The number of hydrogen-bond donors (Lipinski definition) is 2. The molecule has 1 aliphatic carbocycles. The second-order valence-corrected chi connectivity index (χ2v) is 8.26. The number of carbonyl (C=O) groups is 1. The van der Waals surface area contributed by atoms with Gasteiger partial charge in [0.15, 0.2) is 5.78 Å². The van der Waals surface area contributed by atoms with Crippen LogP contribution >= 0.6 is 0 Å². The Balaban J connectivity index is 1.36. The fraction of sp³-hybridized carbons (Fsp3) is 0.458. The van der Waals surface area contributed by atoms with E-state index in [-0.39, 0.29) is 18.0 Å². The van der Waals surface area contributed by atoms with Gasteiger partial charge in [-0.05, 0) is 56.4 Å². The first-order valence-electron chi connectivity index (χ1n) is 10.5. The second kappa shape index (κ2) is 8.46. The Morgan fingerprint density at radius 3 is 2.76 bits per heavy atom. The van der Waals surface area contributed by atoms with Gasteiger partial charge in [-0.3, -0.25) is 4.79 Å². The molecule has 1 heterocycles.